The largest absolute Gasteiger partial charge is 0.484 e. The molecule has 2 amide bonds. The van der Waals surface area contributed by atoms with E-state index >= 15 is 0 Å². The fraction of sp³-hybridized carbons (Fsp3) is 0.333. The molecule has 1 aromatic rings. The lowest BCUT2D eigenvalue weighted by Crippen LogP contribution is -2.44. The molecule has 0 aliphatic heterocycles. The first-order valence-corrected chi connectivity index (χ1v) is 5.59. The second kappa shape index (κ2) is 7.29. The van der Waals surface area contributed by atoms with Gasteiger partial charge in [-0.15, -0.1) is 0 Å². The van der Waals surface area contributed by atoms with Gasteiger partial charge in [-0.25, -0.2) is 0 Å². The lowest BCUT2D eigenvalue weighted by molar-refractivity contribution is -0.129. The van der Waals surface area contributed by atoms with Gasteiger partial charge in [-0.2, -0.15) is 0 Å². The van der Waals surface area contributed by atoms with Crippen molar-refractivity contribution in [3.8, 4) is 5.75 Å². The number of carbonyl (C=O) groups is 2. The van der Waals surface area contributed by atoms with Crippen LogP contribution in [0.5, 0.6) is 5.75 Å². The average Bonchev–Trinajstić information content (AvgIpc) is 2.34. The maximum Gasteiger partial charge on any atom is 0.276 e. The molecule has 98 valence electrons. The Hall–Kier alpha value is -2.08. The van der Waals surface area contributed by atoms with E-state index in [0.717, 1.165) is 5.56 Å². The van der Waals surface area contributed by atoms with Crippen molar-refractivity contribution in [1.82, 2.24) is 10.9 Å². The summed E-state index contributed by atoms with van der Waals surface area (Å²) in [5.41, 5.74) is 10.7. The number of benzene rings is 1. The molecule has 1 aromatic carbocycles. The molecule has 0 fully saturated rings. The van der Waals surface area contributed by atoms with Gasteiger partial charge in [0.15, 0.2) is 6.61 Å². The minimum Gasteiger partial charge on any atom is -0.484 e. The molecule has 4 N–H and O–H groups in total. The van der Waals surface area contributed by atoms with Crippen LogP contribution in [0.4, 0.5) is 0 Å². The standard InChI is InChI=1S/C12H17N3O3/c1-9-3-2-4-10(7-9)18-8-12(17)15-14-11(16)5-6-13/h2-4,7H,5-6,8,13H2,1H3,(H,14,16)(H,15,17). The van der Waals surface area contributed by atoms with E-state index < -0.39 is 5.91 Å². The Balaban J connectivity index is 2.27. The maximum absolute atomic E-state index is 11.3. The van der Waals surface area contributed by atoms with E-state index in [2.05, 4.69) is 10.9 Å². The highest BCUT2D eigenvalue weighted by molar-refractivity contribution is 5.82. The van der Waals surface area contributed by atoms with E-state index in [-0.39, 0.29) is 25.5 Å². The smallest absolute Gasteiger partial charge is 0.276 e. The molecule has 0 saturated heterocycles. The molecule has 0 atom stereocenters. The molecule has 0 saturated carbocycles. The molecule has 0 unspecified atom stereocenters. The monoisotopic (exact) mass is 251 g/mol. The summed E-state index contributed by atoms with van der Waals surface area (Å²) in [6.45, 7) is 2.01. The van der Waals surface area contributed by atoms with E-state index in [1.165, 1.54) is 0 Å². The second-order valence-corrected chi connectivity index (χ2v) is 3.74. The summed E-state index contributed by atoms with van der Waals surface area (Å²) in [6.07, 6.45) is 0.166. The van der Waals surface area contributed by atoms with Gasteiger partial charge in [-0.05, 0) is 24.6 Å². The Morgan fingerprint density at radius 1 is 1.28 bits per heavy atom. The molecule has 1 rings (SSSR count). The summed E-state index contributed by atoms with van der Waals surface area (Å²) in [7, 11) is 0. The molecule has 6 heteroatoms. The zero-order valence-electron chi connectivity index (χ0n) is 10.2. The second-order valence-electron chi connectivity index (χ2n) is 3.74. The molecular formula is C12H17N3O3. The van der Waals surface area contributed by atoms with Crippen molar-refractivity contribution in [3.63, 3.8) is 0 Å². The van der Waals surface area contributed by atoms with E-state index in [1.807, 2.05) is 25.1 Å². The maximum atomic E-state index is 11.3. The van der Waals surface area contributed by atoms with Crippen LogP contribution in [0.15, 0.2) is 24.3 Å². The van der Waals surface area contributed by atoms with Gasteiger partial charge in [0.05, 0.1) is 0 Å². The SMILES string of the molecule is Cc1cccc(OCC(=O)NNC(=O)CCN)c1. The van der Waals surface area contributed by atoms with Crippen molar-refractivity contribution in [2.24, 2.45) is 5.73 Å². The lowest BCUT2D eigenvalue weighted by atomic mass is 10.2. The van der Waals surface area contributed by atoms with Crippen molar-refractivity contribution in [1.29, 1.82) is 0 Å². The minimum atomic E-state index is -0.429. The van der Waals surface area contributed by atoms with Gasteiger partial charge in [0.1, 0.15) is 5.75 Å². The van der Waals surface area contributed by atoms with Crippen LogP contribution in [0.2, 0.25) is 0 Å². The summed E-state index contributed by atoms with van der Waals surface area (Å²) in [5, 5.41) is 0. The first-order chi connectivity index (χ1) is 8.61. The van der Waals surface area contributed by atoms with Gasteiger partial charge in [0.2, 0.25) is 5.91 Å². The molecule has 0 bridgehead atoms. The Bertz CT molecular complexity index is 421. The first kappa shape index (κ1) is 14.0. The molecule has 0 aromatic heterocycles. The van der Waals surface area contributed by atoms with Crippen LogP contribution >= 0.6 is 0 Å². The number of nitrogens with two attached hydrogens (primary N) is 1. The van der Waals surface area contributed by atoms with Crippen LogP contribution in [-0.2, 0) is 9.59 Å². The fourth-order valence-electron chi connectivity index (χ4n) is 1.22. The Morgan fingerprint density at radius 3 is 2.67 bits per heavy atom. The van der Waals surface area contributed by atoms with Crippen LogP contribution in [0.3, 0.4) is 0 Å². The van der Waals surface area contributed by atoms with Crippen LogP contribution < -0.4 is 21.3 Å². The number of hydrogen-bond donors (Lipinski definition) is 3. The Morgan fingerprint density at radius 2 is 2.00 bits per heavy atom. The molecule has 0 aliphatic carbocycles. The summed E-state index contributed by atoms with van der Waals surface area (Å²) in [4.78, 5) is 22.3. The summed E-state index contributed by atoms with van der Waals surface area (Å²) >= 11 is 0. The van der Waals surface area contributed by atoms with Gasteiger partial charge in [0.25, 0.3) is 5.91 Å². The van der Waals surface area contributed by atoms with Crippen LogP contribution in [0.1, 0.15) is 12.0 Å². The molecule has 6 nitrogen and oxygen atoms in total. The van der Waals surface area contributed by atoms with Crippen LogP contribution in [0, 0.1) is 6.92 Å². The molecule has 0 radical (unpaired) electrons. The van der Waals surface area contributed by atoms with Crippen molar-refractivity contribution in [2.75, 3.05) is 13.2 Å². The van der Waals surface area contributed by atoms with E-state index in [4.69, 9.17) is 10.5 Å². The zero-order valence-corrected chi connectivity index (χ0v) is 10.2. The quantitative estimate of drug-likeness (QED) is 0.635. The van der Waals surface area contributed by atoms with E-state index in [0.29, 0.717) is 5.75 Å². The predicted molar refractivity (Wildman–Crippen MR) is 66.6 cm³/mol. The molecular weight excluding hydrogens is 234 g/mol. The molecule has 0 aliphatic rings. The van der Waals surface area contributed by atoms with Gasteiger partial charge in [0, 0.05) is 13.0 Å². The third kappa shape index (κ3) is 5.31. The Labute approximate surface area is 105 Å². The highest BCUT2D eigenvalue weighted by Gasteiger charge is 2.04. The van der Waals surface area contributed by atoms with Gasteiger partial charge >= 0.3 is 0 Å². The van der Waals surface area contributed by atoms with Gasteiger partial charge < -0.3 is 10.5 Å². The zero-order chi connectivity index (χ0) is 13.4. The summed E-state index contributed by atoms with van der Waals surface area (Å²) < 4.78 is 5.25. The summed E-state index contributed by atoms with van der Waals surface area (Å²) in [6, 6.07) is 7.35. The Kier molecular flexibility index (Phi) is 5.66. The van der Waals surface area contributed by atoms with Crippen molar-refractivity contribution in [3.05, 3.63) is 29.8 Å². The summed E-state index contributed by atoms with van der Waals surface area (Å²) in [5.74, 6) is -0.151. The number of amides is 2. The van der Waals surface area contributed by atoms with Crippen molar-refractivity contribution in [2.45, 2.75) is 13.3 Å². The highest BCUT2D eigenvalue weighted by Crippen LogP contribution is 2.11. The normalized spacial score (nSPS) is 9.67. The topological polar surface area (TPSA) is 93.5 Å². The fourth-order valence-corrected chi connectivity index (χ4v) is 1.22. The predicted octanol–water partition coefficient (Wildman–Crippen LogP) is -0.130. The van der Waals surface area contributed by atoms with Crippen LogP contribution in [-0.4, -0.2) is 25.0 Å². The van der Waals surface area contributed by atoms with Gasteiger partial charge in [-0.3, -0.25) is 20.4 Å². The number of rotatable bonds is 5. The number of carbonyl (C=O) groups excluding carboxylic acids is 2. The minimum absolute atomic E-state index is 0.160. The van der Waals surface area contributed by atoms with Crippen LogP contribution in [0.25, 0.3) is 0 Å². The highest BCUT2D eigenvalue weighted by atomic mass is 16.5. The third-order valence-electron chi connectivity index (χ3n) is 2.07. The molecule has 0 heterocycles. The number of ether oxygens (including phenoxy) is 1. The third-order valence-corrected chi connectivity index (χ3v) is 2.07. The molecule has 0 spiro atoms. The molecule has 18 heavy (non-hydrogen) atoms. The van der Waals surface area contributed by atoms with E-state index in [1.54, 1.807) is 6.07 Å². The number of hydrazine groups is 1. The van der Waals surface area contributed by atoms with Crippen molar-refractivity contribution < 1.29 is 14.3 Å². The average molecular weight is 251 g/mol. The number of aryl methyl sites for hydroxylation is 1. The lowest BCUT2D eigenvalue weighted by Gasteiger charge is -2.08. The van der Waals surface area contributed by atoms with Crippen molar-refractivity contribution >= 4 is 11.8 Å². The number of hydrogen-bond acceptors (Lipinski definition) is 4. The van der Waals surface area contributed by atoms with E-state index in [9.17, 15) is 9.59 Å². The number of nitrogens with one attached hydrogen (secondary N) is 2. The first-order valence-electron chi connectivity index (χ1n) is 5.59. The van der Waals surface area contributed by atoms with Gasteiger partial charge in [-0.1, -0.05) is 12.1 Å².